The van der Waals surface area contributed by atoms with Gasteiger partial charge in [-0.3, -0.25) is 0 Å². The van der Waals surface area contributed by atoms with E-state index in [2.05, 4.69) is 44.7 Å². The van der Waals surface area contributed by atoms with Crippen LogP contribution in [-0.2, 0) is 6.42 Å². The zero-order valence-electron chi connectivity index (χ0n) is 14.7. The van der Waals surface area contributed by atoms with Gasteiger partial charge in [0.25, 0.3) is 0 Å². The molecule has 0 amide bonds. The first kappa shape index (κ1) is 18.1. The summed E-state index contributed by atoms with van der Waals surface area (Å²) in [6.45, 7) is 0.722. The van der Waals surface area contributed by atoms with Crippen LogP contribution in [0.2, 0.25) is 0 Å². The molecule has 26 heavy (non-hydrogen) atoms. The Morgan fingerprint density at radius 3 is 2.77 bits per heavy atom. The number of oxime groups is 1. The standard InChI is InChI=1S/C19H25N5O2/c20-18-21-10-16(11-23-26)17(24-18)22-12-19(13-25)8-15(9-19)7-6-14-4-2-1-3-5-14/h1-5,10-11,15,25-26H,6-9,12-13H2,(H3,20,21,22,24). The highest BCUT2D eigenvalue weighted by Crippen LogP contribution is 2.47. The predicted molar refractivity (Wildman–Crippen MR) is 101 cm³/mol. The molecule has 2 aromatic rings. The van der Waals surface area contributed by atoms with E-state index in [4.69, 9.17) is 10.9 Å². The number of aliphatic hydroxyl groups is 1. The molecule has 7 nitrogen and oxygen atoms in total. The molecule has 1 saturated carbocycles. The Hall–Kier alpha value is -2.67. The summed E-state index contributed by atoms with van der Waals surface area (Å²) in [6, 6.07) is 10.5. The Bertz CT molecular complexity index is 745. The van der Waals surface area contributed by atoms with Crippen LogP contribution in [-0.4, -0.2) is 39.6 Å². The third kappa shape index (κ3) is 4.29. The van der Waals surface area contributed by atoms with Crippen molar-refractivity contribution in [3.8, 4) is 0 Å². The van der Waals surface area contributed by atoms with Gasteiger partial charge in [-0.1, -0.05) is 35.5 Å². The van der Waals surface area contributed by atoms with Crippen molar-refractivity contribution >= 4 is 18.0 Å². The number of aliphatic hydroxyl groups excluding tert-OH is 1. The van der Waals surface area contributed by atoms with E-state index in [-0.39, 0.29) is 18.0 Å². The molecule has 138 valence electrons. The second-order valence-electron chi connectivity index (χ2n) is 7.09. The highest BCUT2D eigenvalue weighted by atomic mass is 16.4. The van der Waals surface area contributed by atoms with Gasteiger partial charge in [-0.2, -0.15) is 4.98 Å². The summed E-state index contributed by atoms with van der Waals surface area (Å²) in [6.07, 6.45) is 6.92. The van der Waals surface area contributed by atoms with Crippen LogP contribution in [0.25, 0.3) is 0 Å². The maximum absolute atomic E-state index is 9.88. The van der Waals surface area contributed by atoms with Crippen LogP contribution in [0.15, 0.2) is 41.7 Å². The topological polar surface area (TPSA) is 117 Å². The second-order valence-corrected chi connectivity index (χ2v) is 7.09. The van der Waals surface area contributed by atoms with Gasteiger partial charge in [0, 0.05) is 18.2 Å². The van der Waals surface area contributed by atoms with Gasteiger partial charge in [-0.15, -0.1) is 0 Å². The normalized spacial score (nSPS) is 22.3. The maximum atomic E-state index is 9.88. The van der Waals surface area contributed by atoms with Crippen LogP contribution in [0.4, 0.5) is 11.8 Å². The van der Waals surface area contributed by atoms with Gasteiger partial charge in [0.05, 0.1) is 18.4 Å². The average molecular weight is 355 g/mol. The minimum Gasteiger partial charge on any atom is -0.411 e. The van der Waals surface area contributed by atoms with E-state index < -0.39 is 0 Å². The van der Waals surface area contributed by atoms with Crippen molar-refractivity contribution in [1.82, 2.24) is 9.97 Å². The van der Waals surface area contributed by atoms with E-state index in [1.54, 1.807) is 0 Å². The van der Waals surface area contributed by atoms with Crippen LogP contribution < -0.4 is 11.1 Å². The minimum atomic E-state index is -0.144. The van der Waals surface area contributed by atoms with Crippen LogP contribution in [0.3, 0.4) is 0 Å². The largest absolute Gasteiger partial charge is 0.411 e. The number of rotatable bonds is 8. The summed E-state index contributed by atoms with van der Waals surface area (Å²) in [5.74, 6) is 1.28. The number of anilines is 2. The Morgan fingerprint density at radius 2 is 2.08 bits per heavy atom. The zero-order valence-corrected chi connectivity index (χ0v) is 14.7. The molecule has 0 aliphatic heterocycles. The molecule has 5 N–H and O–H groups in total. The Morgan fingerprint density at radius 1 is 1.31 bits per heavy atom. The fraction of sp³-hybridized carbons (Fsp3) is 0.421. The fourth-order valence-corrected chi connectivity index (χ4v) is 3.69. The van der Waals surface area contributed by atoms with Crippen molar-refractivity contribution in [1.29, 1.82) is 0 Å². The average Bonchev–Trinajstić information content (AvgIpc) is 2.63. The van der Waals surface area contributed by atoms with E-state index in [9.17, 15) is 5.11 Å². The molecular formula is C19H25N5O2. The van der Waals surface area contributed by atoms with Crippen molar-refractivity contribution in [2.75, 3.05) is 24.2 Å². The molecule has 0 radical (unpaired) electrons. The van der Waals surface area contributed by atoms with E-state index in [0.717, 1.165) is 25.7 Å². The van der Waals surface area contributed by atoms with Gasteiger partial charge in [0.2, 0.25) is 5.95 Å². The first-order valence-electron chi connectivity index (χ1n) is 8.83. The number of nitrogen functional groups attached to an aromatic ring is 1. The molecule has 7 heteroatoms. The lowest BCUT2D eigenvalue weighted by atomic mass is 9.61. The SMILES string of the molecule is Nc1ncc(C=NO)c(NCC2(CO)CC(CCc3ccccc3)C2)n1. The van der Waals surface area contributed by atoms with Crippen molar-refractivity contribution in [2.24, 2.45) is 16.5 Å². The van der Waals surface area contributed by atoms with E-state index in [1.807, 2.05) is 6.07 Å². The number of aromatic nitrogens is 2. The maximum Gasteiger partial charge on any atom is 0.221 e. The Kier molecular flexibility index (Phi) is 5.68. The number of hydrogen-bond acceptors (Lipinski definition) is 7. The van der Waals surface area contributed by atoms with Crippen molar-refractivity contribution in [2.45, 2.75) is 25.7 Å². The number of nitrogens with one attached hydrogen (secondary N) is 1. The van der Waals surface area contributed by atoms with Gasteiger partial charge in [-0.05, 0) is 37.2 Å². The molecule has 1 aromatic carbocycles. The molecule has 0 atom stereocenters. The molecule has 1 heterocycles. The Labute approximate surface area is 153 Å². The fourth-order valence-electron chi connectivity index (χ4n) is 3.69. The second kappa shape index (κ2) is 8.14. The number of nitrogens with two attached hydrogens (primary N) is 1. The molecule has 1 aliphatic rings. The first-order valence-corrected chi connectivity index (χ1v) is 8.83. The number of aryl methyl sites for hydroxylation is 1. The molecule has 0 saturated heterocycles. The molecular weight excluding hydrogens is 330 g/mol. The smallest absolute Gasteiger partial charge is 0.221 e. The van der Waals surface area contributed by atoms with E-state index in [0.29, 0.717) is 23.8 Å². The zero-order chi connectivity index (χ0) is 18.4. The van der Waals surface area contributed by atoms with Gasteiger partial charge in [-0.25, -0.2) is 4.98 Å². The van der Waals surface area contributed by atoms with Crippen LogP contribution in [0.1, 0.15) is 30.4 Å². The lowest BCUT2D eigenvalue weighted by Crippen LogP contribution is -2.45. The molecule has 1 aromatic heterocycles. The van der Waals surface area contributed by atoms with Gasteiger partial charge in [0.15, 0.2) is 0 Å². The summed E-state index contributed by atoms with van der Waals surface area (Å²) in [5.41, 5.74) is 7.40. The molecule has 1 fully saturated rings. The molecule has 0 spiro atoms. The van der Waals surface area contributed by atoms with Gasteiger partial charge < -0.3 is 21.4 Å². The van der Waals surface area contributed by atoms with Gasteiger partial charge in [0.1, 0.15) is 5.82 Å². The highest BCUT2D eigenvalue weighted by Gasteiger charge is 2.43. The quantitative estimate of drug-likeness (QED) is 0.328. The number of hydrogen-bond donors (Lipinski definition) is 4. The summed E-state index contributed by atoms with van der Waals surface area (Å²) in [7, 11) is 0. The molecule has 1 aliphatic carbocycles. The Balaban J connectivity index is 1.54. The molecule has 0 bridgehead atoms. The third-order valence-electron chi connectivity index (χ3n) is 5.13. The first-order chi connectivity index (χ1) is 12.6. The van der Waals surface area contributed by atoms with E-state index in [1.165, 1.54) is 18.0 Å². The lowest BCUT2D eigenvalue weighted by molar-refractivity contribution is 0.00302. The monoisotopic (exact) mass is 355 g/mol. The van der Waals surface area contributed by atoms with Crippen LogP contribution >= 0.6 is 0 Å². The lowest BCUT2D eigenvalue weighted by Gasteiger charge is -2.47. The summed E-state index contributed by atoms with van der Waals surface area (Å²) in [4.78, 5) is 8.05. The molecule has 3 rings (SSSR count). The van der Waals surface area contributed by atoms with Crippen LogP contribution in [0, 0.1) is 11.3 Å². The summed E-state index contributed by atoms with van der Waals surface area (Å²) >= 11 is 0. The summed E-state index contributed by atoms with van der Waals surface area (Å²) < 4.78 is 0. The minimum absolute atomic E-state index is 0.131. The predicted octanol–water partition coefficient (Wildman–Crippen LogP) is 2.30. The van der Waals surface area contributed by atoms with Crippen molar-refractivity contribution in [3.05, 3.63) is 47.7 Å². The highest BCUT2D eigenvalue weighted by molar-refractivity contribution is 5.85. The summed E-state index contributed by atoms with van der Waals surface area (Å²) in [5, 5.41) is 24.9. The van der Waals surface area contributed by atoms with Crippen molar-refractivity contribution in [3.63, 3.8) is 0 Å². The van der Waals surface area contributed by atoms with Gasteiger partial charge >= 0.3 is 0 Å². The van der Waals surface area contributed by atoms with Crippen molar-refractivity contribution < 1.29 is 10.3 Å². The third-order valence-corrected chi connectivity index (χ3v) is 5.13. The number of nitrogens with zero attached hydrogens (tertiary/aromatic N) is 3. The van der Waals surface area contributed by atoms with Crippen LogP contribution in [0.5, 0.6) is 0 Å². The number of benzene rings is 1. The van der Waals surface area contributed by atoms with E-state index >= 15 is 0 Å². The molecule has 0 unspecified atom stereocenters.